The lowest BCUT2D eigenvalue weighted by molar-refractivity contribution is 0.0938. The molecule has 0 aliphatic rings. The summed E-state index contributed by atoms with van der Waals surface area (Å²) in [5.74, 6) is 0.0347. The van der Waals surface area contributed by atoms with Crippen molar-refractivity contribution < 1.29 is 4.79 Å². The zero-order chi connectivity index (χ0) is 12.7. The maximum absolute atomic E-state index is 11.9. The predicted octanol–water partition coefficient (Wildman–Crippen LogP) is 3.99. The summed E-state index contributed by atoms with van der Waals surface area (Å²) in [7, 11) is 0. The van der Waals surface area contributed by atoms with Crippen molar-refractivity contribution in [1.82, 2.24) is 5.32 Å². The van der Waals surface area contributed by atoms with Gasteiger partial charge in [0.05, 0.1) is 0 Å². The molecule has 0 heterocycles. The van der Waals surface area contributed by atoms with Crippen LogP contribution in [0.3, 0.4) is 0 Å². The molecule has 1 aromatic rings. The van der Waals surface area contributed by atoms with Gasteiger partial charge < -0.3 is 5.32 Å². The molecule has 0 unspecified atom stereocenters. The van der Waals surface area contributed by atoms with Crippen molar-refractivity contribution in [3.63, 3.8) is 0 Å². The van der Waals surface area contributed by atoms with E-state index in [9.17, 15) is 4.79 Å². The van der Waals surface area contributed by atoms with Gasteiger partial charge in [0.25, 0.3) is 5.91 Å². The zero-order valence-electron chi connectivity index (χ0n) is 10.5. The first-order valence-electron chi connectivity index (χ1n) is 6.20. The van der Waals surface area contributed by atoms with E-state index in [1.807, 2.05) is 24.3 Å². The average Bonchev–Trinajstić information content (AvgIpc) is 2.29. The highest BCUT2D eigenvalue weighted by Crippen LogP contribution is 2.09. The molecule has 1 rings (SSSR count). The molecule has 0 bridgehead atoms. The van der Waals surface area contributed by atoms with Gasteiger partial charge in [-0.25, -0.2) is 0 Å². The van der Waals surface area contributed by atoms with Gasteiger partial charge in [0.1, 0.15) is 0 Å². The summed E-state index contributed by atoms with van der Waals surface area (Å²) in [6.07, 6.45) is 4.70. The maximum Gasteiger partial charge on any atom is 0.251 e. The normalized spacial score (nSPS) is 12.2. The van der Waals surface area contributed by atoms with Gasteiger partial charge in [0, 0.05) is 15.2 Å². The highest BCUT2D eigenvalue weighted by atomic mass is 127. The molecule has 0 fully saturated rings. The lowest BCUT2D eigenvalue weighted by atomic mass is 10.1. The van der Waals surface area contributed by atoms with Crippen LogP contribution in [0.5, 0.6) is 0 Å². The van der Waals surface area contributed by atoms with E-state index in [1.165, 1.54) is 19.3 Å². The molecule has 1 N–H and O–H groups in total. The van der Waals surface area contributed by atoms with Gasteiger partial charge in [-0.3, -0.25) is 4.79 Å². The fourth-order valence-corrected chi connectivity index (χ4v) is 2.25. The number of hydrogen-bond acceptors (Lipinski definition) is 1. The number of amides is 1. The van der Waals surface area contributed by atoms with E-state index < -0.39 is 0 Å². The van der Waals surface area contributed by atoms with Crippen LogP contribution in [0.25, 0.3) is 0 Å². The monoisotopic (exact) mass is 345 g/mol. The molecule has 94 valence electrons. The van der Waals surface area contributed by atoms with E-state index >= 15 is 0 Å². The molecule has 0 aliphatic carbocycles. The molecule has 1 amide bonds. The minimum absolute atomic E-state index is 0.0347. The van der Waals surface area contributed by atoms with Crippen LogP contribution in [-0.4, -0.2) is 11.9 Å². The SMILES string of the molecule is CCCCC[C@@H](C)NC(=O)c1cccc(I)c1. The molecule has 0 saturated carbocycles. The molecule has 1 atom stereocenters. The lowest BCUT2D eigenvalue weighted by Gasteiger charge is -2.13. The number of nitrogens with one attached hydrogen (secondary N) is 1. The Morgan fingerprint density at radius 1 is 1.41 bits per heavy atom. The Labute approximate surface area is 117 Å². The smallest absolute Gasteiger partial charge is 0.251 e. The van der Waals surface area contributed by atoms with E-state index in [2.05, 4.69) is 41.8 Å². The third kappa shape index (κ3) is 5.52. The number of hydrogen-bond donors (Lipinski definition) is 1. The molecule has 0 saturated heterocycles. The minimum atomic E-state index is 0.0347. The molecule has 17 heavy (non-hydrogen) atoms. The summed E-state index contributed by atoms with van der Waals surface area (Å²) in [5, 5.41) is 3.04. The molecule has 0 radical (unpaired) electrons. The summed E-state index contributed by atoms with van der Waals surface area (Å²) in [6, 6.07) is 7.93. The van der Waals surface area contributed by atoms with Gasteiger partial charge in [0.15, 0.2) is 0 Å². The summed E-state index contributed by atoms with van der Waals surface area (Å²) in [4.78, 5) is 11.9. The predicted molar refractivity (Wildman–Crippen MR) is 80.2 cm³/mol. The molecular formula is C14H20INO. The Hall–Kier alpha value is -0.580. The Kier molecular flexibility index (Phi) is 6.55. The highest BCUT2D eigenvalue weighted by molar-refractivity contribution is 14.1. The van der Waals surface area contributed by atoms with Crippen molar-refractivity contribution >= 4 is 28.5 Å². The second-order valence-corrected chi connectivity index (χ2v) is 5.63. The van der Waals surface area contributed by atoms with Crippen molar-refractivity contribution in [3.05, 3.63) is 33.4 Å². The van der Waals surface area contributed by atoms with E-state index in [-0.39, 0.29) is 11.9 Å². The first-order chi connectivity index (χ1) is 8.13. The number of benzene rings is 1. The van der Waals surface area contributed by atoms with Gasteiger partial charge in [-0.05, 0) is 54.1 Å². The highest BCUT2D eigenvalue weighted by Gasteiger charge is 2.09. The summed E-state index contributed by atoms with van der Waals surface area (Å²) in [5.41, 5.74) is 0.749. The van der Waals surface area contributed by atoms with Crippen molar-refractivity contribution in [2.45, 2.75) is 45.6 Å². The van der Waals surface area contributed by atoms with E-state index in [0.29, 0.717) is 0 Å². The zero-order valence-corrected chi connectivity index (χ0v) is 12.7. The Morgan fingerprint density at radius 3 is 2.82 bits per heavy atom. The molecular weight excluding hydrogens is 325 g/mol. The number of unbranched alkanes of at least 4 members (excludes halogenated alkanes) is 2. The summed E-state index contributed by atoms with van der Waals surface area (Å²) >= 11 is 2.22. The van der Waals surface area contributed by atoms with Crippen LogP contribution in [0.2, 0.25) is 0 Å². The average molecular weight is 345 g/mol. The summed E-state index contributed by atoms with van der Waals surface area (Å²) in [6.45, 7) is 4.26. The maximum atomic E-state index is 11.9. The fourth-order valence-electron chi connectivity index (χ4n) is 1.71. The lowest BCUT2D eigenvalue weighted by Crippen LogP contribution is -2.32. The molecule has 1 aromatic carbocycles. The van der Waals surface area contributed by atoms with Crippen molar-refractivity contribution in [1.29, 1.82) is 0 Å². The first-order valence-corrected chi connectivity index (χ1v) is 7.27. The second-order valence-electron chi connectivity index (χ2n) is 4.38. The largest absolute Gasteiger partial charge is 0.350 e. The topological polar surface area (TPSA) is 29.1 Å². The Bertz CT molecular complexity index is 365. The minimum Gasteiger partial charge on any atom is -0.350 e. The molecule has 2 nitrogen and oxygen atoms in total. The molecule has 0 aliphatic heterocycles. The van der Waals surface area contributed by atoms with E-state index in [4.69, 9.17) is 0 Å². The fraction of sp³-hybridized carbons (Fsp3) is 0.500. The van der Waals surface area contributed by atoms with Crippen molar-refractivity contribution in [3.8, 4) is 0 Å². The molecule has 0 spiro atoms. The van der Waals surface area contributed by atoms with Crippen LogP contribution in [0.15, 0.2) is 24.3 Å². The van der Waals surface area contributed by atoms with Crippen LogP contribution in [-0.2, 0) is 0 Å². The van der Waals surface area contributed by atoms with Crippen LogP contribution in [0.1, 0.15) is 49.9 Å². The first kappa shape index (κ1) is 14.5. The Morgan fingerprint density at radius 2 is 2.18 bits per heavy atom. The quantitative estimate of drug-likeness (QED) is 0.613. The second kappa shape index (κ2) is 7.69. The summed E-state index contributed by atoms with van der Waals surface area (Å²) < 4.78 is 1.09. The van der Waals surface area contributed by atoms with Crippen LogP contribution < -0.4 is 5.32 Å². The van der Waals surface area contributed by atoms with Gasteiger partial charge in [-0.15, -0.1) is 0 Å². The number of carbonyl (C=O) groups is 1. The third-order valence-corrected chi connectivity index (χ3v) is 3.38. The van der Waals surface area contributed by atoms with Gasteiger partial charge >= 0.3 is 0 Å². The molecule has 0 aromatic heterocycles. The van der Waals surface area contributed by atoms with Crippen molar-refractivity contribution in [2.75, 3.05) is 0 Å². The van der Waals surface area contributed by atoms with Gasteiger partial charge in [-0.1, -0.05) is 32.3 Å². The van der Waals surface area contributed by atoms with Gasteiger partial charge in [-0.2, -0.15) is 0 Å². The standard InChI is InChI=1S/C14H20INO/c1-3-4-5-7-11(2)16-14(17)12-8-6-9-13(15)10-12/h6,8-11H,3-5,7H2,1-2H3,(H,16,17)/t11-/m1/s1. The van der Waals surface area contributed by atoms with Crippen LogP contribution in [0.4, 0.5) is 0 Å². The van der Waals surface area contributed by atoms with E-state index in [0.717, 1.165) is 15.6 Å². The number of carbonyl (C=O) groups excluding carboxylic acids is 1. The number of halogens is 1. The Balaban J connectivity index is 2.43. The van der Waals surface area contributed by atoms with Crippen LogP contribution in [0, 0.1) is 3.57 Å². The third-order valence-electron chi connectivity index (χ3n) is 2.70. The van der Waals surface area contributed by atoms with E-state index in [1.54, 1.807) is 0 Å². The molecule has 3 heteroatoms. The van der Waals surface area contributed by atoms with Crippen molar-refractivity contribution in [2.24, 2.45) is 0 Å². The number of rotatable bonds is 6. The van der Waals surface area contributed by atoms with Gasteiger partial charge in [0.2, 0.25) is 0 Å². The van der Waals surface area contributed by atoms with Crippen LogP contribution >= 0.6 is 22.6 Å².